The molecule has 41 heavy (non-hydrogen) atoms. The lowest BCUT2D eigenvalue weighted by atomic mass is 9.98. The number of benzene rings is 5. The summed E-state index contributed by atoms with van der Waals surface area (Å²) in [6.45, 7) is 0. The number of rotatable bonds is 4. The molecule has 0 amide bonds. The van der Waals surface area contributed by atoms with Crippen molar-refractivity contribution in [3.05, 3.63) is 146 Å². The molecule has 0 aliphatic carbocycles. The minimum atomic E-state index is 0.906. The van der Waals surface area contributed by atoms with E-state index in [0.717, 1.165) is 72.3 Å². The maximum absolute atomic E-state index is 5.36. The fourth-order valence-electron chi connectivity index (χ4n) is 5.74. The number of para-hydroxylation sites is 2. The van der Waals surface area contributed by atoms with Gasteiger partial charge < -0.3 is 0 Å². The number of aromatic nitrogens is 4. The van der Waals surface area contributed by atoms with Gasteiger partial charge in [-0.05, 0) is 41.8 Å². The molecular weight excluding hydrogens is 500 g/mol. The largest absolute Gasteiger partial charge is 0.292 e. The molecule has 5 aromatic carbocycles. The summed E-state index contributed by atoms with van der Waals surface area (Å²) in [5.74, 6) is 0.906. The Balaban J connectivity index is 1.46. The van der Waals surface area contributed by atoms with Gasteiger partial charge in [-0.3, -0.25) is 9.55 Å². The summed E-state index contributed by atoms with van der Waals surface area (Å²) in [5.41, 5.74) is 9.08. The Kier molecular flexibility index (Phi) is 5.42. The van der Waals surface area contributed by atoms with Gasteiger partial charge in [0.15, 0.2) is 0 Å². The van der Waals surface area contributed by atoms with E-state index in [0.29, 0.717) is 0 Å². The summed E-state index contributed by atoms with van der Waals surface area (Å²) < 4.78 is 2.26. The summed E-state index contributed by atoms with van der Waals surface area (Å²) in [5, 5.41) is 3.32. The minimum absolute atomic E-state index is 0.906. The van der Waals surface area contributed by atoms with E-state index in [4.69, 9.17) is 9.97 Å². The molecule has 0 unspecified atom stereocenters. The number of pyridine rings is 2. The Morgan fingerprint density at radius 1 is 0.488 bits per heavy atom. The molecule has 4 heteroatoms. The van der Waals surface area contributed by atoms with E-state index in [1.54, 1.807) is 0 Å². The van der Waals surface area contributed by atoms with Gasteiger partial charge in [0.25, 0.3) is 0 Å². The van der Waals surface area contributed by atoms with E-state index >= 15 is 0 Å². The average molecular weight is 525 g/mol. The van der Waals surface area contributed by atoms with Gasteiger partial charge in [-0.1, -0.05) is 103 Å². The van der Waals surface area contributed by atoms with Crippen molar-refractivity contribution in [3.8, 4) is 39.6 Å². The van der Waals surface area contributed by atoms with Crippen LogP contribution in [-0.4, -0.2) is 19.5 Å². The summed E-state index contributed by atoms with van der Waals surface area (Å²) >= 11 is 0. The van der Waals surface area contributed by atoms with Crippen molar-refractivity contribution in [3.63, 3.8) is 0 Å². The maximum atomic E-state index is 5.36. The highest BCUT2D eigenvalue weighted by Gasteiger charge is 2.20. The molecule has 3 aromatic heterocycles. The highest BCUT2D eigenvalue weighted by molar-refractivity contribution is 6.20. The van der Waals surface area contributed by atoms with E-state index in [-0.39, 0.29) is 0 Å². The number of hydrogen-bond acceptors (Lipinski definition) is 3. The molecule has 0 saturated carbocycles. The van der Waals surface area contributed by atoms with E-state index in [9.17, 15) is 0 Å². The molecule has 0 N–H and O–H groups in total. The first-order chi connectivity index (χ1) is 20.3. The third-order valence-corrected chi connectivity index (χ3v) is 7.66. The minimum Gasteiger partial charge on any atom is -0.292 e. The molecule has 8 aromatic rings. The van der Waals surface area contributed by atoms with Gasteiger partial charge in [-0.25, -0.2) is 9.97 Å². The number of hydrogen-bond donors (Lipinski definition) is 0. The second-order valence-electron chi connectivity index (χ2n) is 10.1. The quantitative estimate of drug-likeness (QED) is 0.216. The topological polar surface area (TPSA) is 43.6 Å². The van der Waals surface area contributed by atoms with E-state index in [2.05, 4.69) is 113 Å². The first kappa shape index (κ1) is 23.3. The van der Waals surface area contributed by atoms with Crippen molar-refractivity contribution in [1.82, 2.24) is 19.5 Å². The highest BCUT2D eigenvalue weighted by atomic mass is 15.1. The van der Waals surface area contributed by atoms with Crippen LogP contribution in [0.15, 0.2) is 146 Å². The van der Waals surface area contributed by atoms with Crippen LogP contribution in [0.2, 0.25) is 0 Å². The molecular formula is C37H24N4. The van der Waals surface area contributed by atoms with Crippen LogP contribution in [0.25, 0.3) is 72.3 Å². The fourth-order valence-corrected chi connectivity index (χ4v) is 5.74. The van der Waals surface area contributed by atoms with Gasteiger partial charge in [0.1, 0.15) is 5.82 Å². The smallest absolute Gasteiger partial charge is 0.145 e. The van der Waals surface area contributed by atoms with Crippen LogP contribution in [0.5, 0.6) is 0 Å². The lowest BCUT2D eigenvalue weighted by Gasteiger charge is -2.12. The molecule has 0 fully saturated rings. The van der Waals surface area contributed by atoms with Gasteiger partial charge >= 0.3 is 0 Å². The predicted molar refractivity (Wildman–Crippen MR) is 168 cm³/mol. The Hall–Kier alpha value is -5.61. The SMILES string of the molecule is c1ccc(-c2nc3c4c(-c5ccc(-c6ccccn6)cc5)nc5ccccc5c4ccc3n2-c2ccccc2)cc1. The van der Waals surface area contributed by atoms with Crippen LogP contribution in [-0.2, 0) is 0 Å². The average Bonchev–Trinajstić information content (AvgIpc) is 3.46. The predicted octanol–water partition coefficient (Wildman–Crippen LogP) is 9.12. The van der Waals surface area contributed by atoms with Crippen LogP contribution in [0.1, 0.15) is 0 Å². The molecule has 192 valence electrons. The third kappa shape index (κ3) is 3.88. The molecule has 0 atom stereocenters. The normalized spacial score (nSPS) is 11.4. The van der Waals surface area contributed by atoms with E-state index in [1.165, 1.54) is 0 Å². The van der Waals surface area contributed by atoms with Gasteiger partial charge in [-0.2, -0.15) is 0 Å². The van der Waals surface area contributed by atoms with Crippen LogP contribution >= 0.6 is 0 Å². The molecule has 8 rings (SSSR count). The molecule has 4 nitrogen and oxygen atoms in total. The Bertz CT molecular complexity index is 2170. The Labute approximate surface area is 237 Å². The standard InChI is InChI=1S/C37H24N4/c1-3-11-27(12-4-1)37-40-36-33(41(37)28-13-5-2-6-14-28)23-22-30-29-15-7-8-17-32(29)39-35(34(30)36)26-20-18-25(19-21-26)31-16-9-10-24-38-31/h1-24H. The van der Waals surface area contributed by atoms with Crippen molar-refractivity contribution in [2.24, 2.45) is 0 Å². The number of nitrogens with zero attached hydrogens (tertiary/aromatic N) is 4. The molecule has 0 aliphatic heterocycles. The molecule has 0 aliphatic rings. The van der Waals surface area contributed by atoms with E-state index < -0.39 is 0 Å². The fraction of sp³-hybridized carbons (Fsp3) is 0. The first-order valence-corrected chi connectivity index (χ1v) is 13.7. The Morgan fingerprint density at radius 2 is 1.20 bits per heavy atom. The lowest BCUT2D eigenvalue weighted by molar-refractivity contribution is 1.10. The summed E-state index contributed by atoms with van der Waals surface area (Å²) in [6, 6.07) is 48.1. The van der Waals surface area contributed by atoms with Gasteiger partial charge in [0, 0.05) is 39.3 Å². The summed E-state index contributed by atoms with van der Waals surface area (Å²) in [7, 11) is 0. The molecule has 0 saturated heterocycles. The lowest BCUT2D eigenvalue weighted by Crippen LogP contribution is -1.97. The first-order valence-electron chi connectivity index (χ1n) is 13.7. The van der Waals surface area contributed by atoms with Crippen LogP contribution < -0.4 is 0 Å². The van der Waals surface area contributed by atoms with Crippen LogP contribution in [0.3, 0.4) is 0 Å². The van der Waals surface area contributed by atoms with Crippen molar-refractivity contribution in [2.75, 3.05) is 0 Å². The third-order valence-electron chi connectivity index (χ3n) is 7.66. The zero-order valence-corrected chi connectivity index (χ0v) is 22.1. The van der Waals surface area contributed by atoms with Gasteiger partial charge in [0.05, 0.1) is 27.9 Å². The van der Waals surface area contributed by atoms with Crippen LogP contribution in [0.4, 0.5) is 0 Å². The second kappa shape index (κ2) is 9.54. The molecule has 0 radical (unpaired) electrons. The van der Waals surface area contributed by atoms with Crippen molar-refractivity contribution in [1.29, 1.82) is 0 Å². The van der Waals surface area contributed by atoms with Gasteiger partial charge in [0.2, 0.25) is 0 Å². The summed E-state index contributed by atoms with van der Waals surface area (Å²) in [6.07, 6.45) is 1.83. The molecule has 0 bridgehead atoms. The number of imidazole rings is 1. The summed E-state index contributed by atoms with van der Waals surface area (Å²) in [4.78, 5) is 15.1. The highest BCUT2D eigenvalue weighted by Crippen LogP contribution is 2.39. The van der Waals surface area contributed by atoms with Crippen molar-refractivity contribution >= 4 is 32.7 Å². The van der Waals surface area contributed by atoms with E-state index in [1.807, 2.05) is 42.6 Å². The van der Waals surface area contributed by atoms with Crippen molar-refractivity contribution in [2.45, 2.75) is 0 Å². The molecule has 3 heterocycles. The molecule has 0 spiro atoms. The zero-order chi connectivity index (χ0) is 27.2. The Morgan fingerprint density at radius 3 is 1.98 bits per heavy atom. The second-order valence-corrected chi connectivity index (χ2v) is 10.1. The maximum Gasteiger partial charge on any atom is 0.145 e. The van der Waals surface area contributed by atoms with Crippen LogP contribution in [0, 0.1) is 0 Å². The van der Waals surface area contributed by atoms with Gasteiger partial charge in [-0.15, -0.1) is 0 Å². The zero-order valence-electron chi connectivity index (χ0n) is 22.1. The monoisotopic (exact) mass is 524 g/mol. The number of fused-ring (bicyclic) bond motifs is 5. The van der Waals surface area contributed by atoms with Crippen molar-refractivity contribution < 1.29 is 0 Å².